The second-order valence-electron chi connectivity index (χ2n) is 2.72. The van der Waals surface area contributed by atoms with Gasteiger partial charge in [-0.1, -0.05) is 12.1 Å². The molecule has 0 aliphatic rings. The van der Waals surface area contributed by atoms with Gasteiger partial charge in [0.2, 0.25) is 0 Å². The maximum Gasteiger partial charge on any atom is 0.337 e. The van der Waals surface area contributed by atoms with E-state index < -0.39 is 12.0 Å². The van der Waals surface area contributed by atoms with Crippen LogP contribution in [0.1, 0.15) is 22.0 Å². The molecule has 0 aliphatic carbocycles. The second-order valence-corrected chi connectivity index (χ2v) is 2.72. The molecule has 0 aliphatic heterocycles. The zero-order valence-electron chi connectivity index (χ0n) is 7.73. The van der Waals surface area contributed by atoms with Crippen LogP contribution in [0.15, 0.2) is 24.3 Å². The van der Waals surface area contributed by atoms with Gasteiger partial charge in [0, 0.05) is 0 Å². The lowest BCUT2D eigenvalue weighted by molar-refractivity contribution is 0.0600. The molecule has 0 heterocycles. The molecule has 0 spiro atoms. The van der Waals surface area contributed by atoms with Crippen LogP contribution in [0.4, 0.5) is 0 Å². The lowest BCUT2D eigenvalue weighted by Crippen LogP contribution is -2.09. The average Bonchev–Trinajstić information content (AvgIpc) is 2.27. The van der Waals surface area contributed by atoms with Gasteiger partial charge >= 0.3 is 5.97 Å². The first-order valence-electron chi connectivity index (χ1n) is 4.02. The Morgan fingerprint density at radius 1 is 1.64 bits per heavy atom. The zero-order chi connectivity index (χ0) is 10.6. The maximum absolute atomic E-state index is 11.1. The van der Waals surface area contributed by atoms with E-state index in [0.29, 0.717) is 11.1 Å². The average molecular weight is 190 g/mol. The predicted molar refractivity (Wildman–Crippen MR) is 50.3 cm³/mol. The van der Waals surface area contributed by atoms with Crippen molar-refractivity contribution >= 4 is 5.97 Å². The van der Waals surface area contributed by atoms with Gasteiger partial charge in [-0.25, -0.2) is 4.79 Å². The number of rotatable bonds is 2. The van der Waals surface area contributed by atoms with E-state index in [4.69, 9.17) is 11.0 Å². The second kappa shape index (κ2) is 4.40. The molecule has 1 rings (SSSR count). The van der Waals surface area contributed by atoms with E-state index >= 15 is 0 Å². The minimum absolute atomic E-state index is 0.399. The van der Waals surface area contributed by atoms with E-state index in [0.717, 1.165) is 0 Å². The summed E-state index contributed by atoms with van der Waals surface area (Å²) >= 11 is 0. The molecule has 72 valence electrons. The van der Waals surface area contributed by atoms with Crippen molar-refractivity contribution in [1.29, 1.82) is 5.26 Å². The van der Waals surface area contributed by atoms with Gasteiger partial charge in [0.25, 0.3) is 0 Å². The standard InChI is InChI=1S/C10H10N2O2/c1-14-10(13)8-4-2-3-7(5-8)9(12)6-11/h2-5,9H,12H2,1H3/t9-/m0/s1. The fourth-order valence-corrected chi connectivity index (χ4v) is 1.05. The number of nitriles is 1. The first-order valence-corrected chi connectivity index (χ1v) is 4.02. The molecular weight excluding hydrogens is 180 g/mol. The number of nitrogens with zero attached hydrogens (tertiary/aromatic N) is 1. The number of carbonyl (C=O) groups excluding carboxylic acids is 1. The number of hydrogen-bond donors (Lipinski definition) is 1. The summed E-state index contributed by atoms with van der Waals surface area (Å²) in [7, 11) is 1.30. The quantitative estimate of drug-likeness (QED) is 0.706. The molecular formula is C10H10N2O2. The van der Waals surface area contributed by atoms with Crippen LogP contribution in [-0.2, 0) is 4.74 Å². The highest BCUT2D eigenvalue weighted by Gasteiger charge is 2.09. The molecule has 14 heavy (non-hydrogen) atoms. The fraction of sp³-hybridized carbons (Fsp3) is 0.200. The molecule has 0 amide bonds. The topological polar surface area (TPSA) is 76.1 Å². The Morgan fingerprint density at radius 3 is 2.93 bits per heavy atom. The molecule has 1 aromatic carbocycles. The third kappa shape index (κ3) is 2.09. The van der Waals surface area contributed by atoms with Crippen molar-refractivity contribution in [3.63, 3.8) is 0 Å². The van der Waals surface area contributed by atoms with Crippen LogP contribution in [0.25, 0.3) is 0 Å². The van der Waals surface area contributed by atoms with E-state index in [2.05, 4.69) is 4.74 Å². The summed E-state index contributed by atoms with van der Waals surface area (Å²) < 4.78 is 4.54. The van der Waals surface area contributed by atoms with Gasteiger partial charge in [0.1, 0.15) is 6.04 Å². The molecule has 2 N–H and O–H groups in total. The third-order valence-corrected chi connectivity index (χ3v) is 1.81. The SMILES string of the molecule is COC(=O)c1cccc([C@@H](N)C#N)c1. The van der Waals surface area contributed by atoms with E-state index in [-0.39, 0.29) is 0 Å². The van der Waals surface area contributed by atoms with Gasteiger partial charge in [-0.3, -0.25) is 0 Å². The summed E-state index contributed by atoms with van der Waals surface area (Å²) in [5.74, 6) is -0.433. The largest absolute Gasteiger partial charge is 0.465 e. The molecule has 1 aromatic rings. The van der Waals surface area contributed by atoms with Crippen molar-refractivity contribution in [3.05, 3.63) is 35.4 Å². The Hall–Kier alpha value is -1.86. The van der Waals surface area contributed by atoms with Gasteiger partial charge < -0.3 is 10.5 Å². The molecule has 0 unspecified atom stereocenters. The van der Waals surface area contributed by atoms with Crippen LogP contribution < -0.4 is 5.73 Å². The van der Waals surface area contributed by atoms with E-state index in [9.17, 15) is 4.79 Å². The van der Waals surface area contributed by atoms with Gasteiger partial charge in [-0.15, -0.1) is 0 Å². The molecule has 4 nitrogen and oxygen atoms in total. The highest BCUT2D eigenvalue weighted by atomic mass is 16.5. The minimum Gasteiger partial charge on any atom is -0.465 e. The summed E-state index contributed by atoms with van der Waals surface area (Å²) in [6, 6.07) is 7.71. The molecule has 0 bridgehead atoms. The lowest BCUT2D eigenvalue weighted by atomic mass is 10.1. The molecule has 0 saturated carbocycles. The molecule has 0 fully saturated rings. The molecule has 1 atom stereocenters. The van der Waals surface area contributed by atoms with Crippen molar-refractivity contribution in [1.82, 2.24) is 0 Å². The number of esters is 1. The van der Waals surface area contributed by atoms with Crippen molar-refractivity contribution < 1.29 is 9.53 Å². The summed E-state index contributed by atoms with van der Waals surface area (Å²) in [4.78, 5) is 11.1. The summed E-state index contributed by atoms with van der Waals surface area (Å²) in [5.41, 5.74) is 6.50. The van der Waals surface area contributed by atoms with Crippen LogP contribution in [0, 0.1) is 11.3 Å². The highest BCUT2D eigenvalue weighted by molar-refractivity contribution is 5.89. The first kappa shape index (κ1) is 10.2. The number of hydrogen-bond acceptors (Lipinski definition) is 4. The fourth-order valence-electron chi connectivity index (χ4n) is 1.05. The normalized spacial score (nSPS) is 11.5. The summed E-state index contributed by atoms with van der Waals surface area (Å²) in [6.07, 6.45) is 0. The van der Waals surface area contributed by atoms with Crippen LogP contribution in [0.2, 0.25) is 0 Å². The van der Waals surface area contributed by atoms with Crippen LogP contribution >= 0.6 is 0 Å². The number of carbonyl (C=O) groups is 1. The van der Waals surface area contributed by atoms with Crippen molar-refractivity contribution in [2.45, 2.75) is 6.04 Å². The number of methoxy groups -OCH3 is 1. The first-order chi connectivity index (χ1) is 6.69. The Balaban J connectivity index is 3.02. The van der Waals surface area contributed by atoms with E-state index in [1.54, 1.807) is 24.3 Å². The van der Waals surface area contributed by atoms with Crippen LogP contribution in [0.3, 0.4) is 0 Å². The molecule has 4 heteroatoms. The summed E-state index contributed by atoms with van der Waals surface area (Å²) in [5, 5.41) is 8.58. The van der Waals surface area contributed by atoms with Gasteiger partial charge in [-0.2, -0.15) is 5.26 Å². The molecule has 0 radical (unpaired) electrons. The smallest absolute Gasteiger partial charge is 0.337 e. The van der Waals surface area contributed by atoms with Crippen LogP contribution in [-0.4, -0.2) is 13.1 Å². The van der Waals surface area contributed by atoms with Gasteiger partial charge in [0.05, 0.1) is 18.7 Å². The van der Waals surface area contributed by atoms with E-state index in [1.165, 1.54) is 7.11 Å². The Labute approximate surface area is 81.9 Å². The van der Waals surface area contributed by atoms with Crippen LogP contribution in [0.5, 0.6) is 0 Å². The van der Waals surface area contributed by atoms with Gasteiger partial charge in [-0.05, 0) is 17.7 Å². The highest BCUT2D eigenvalue weighted by Crippen LogP contribution is 2.12. The Bertz CT molecular complexity index is 382. The van der Waals surface area contributed by atoms with Gasteiger partial charge in [0.15, 0.2) is 0 Å². The number of nitrogens with two attached hydrogens (primary N) is 1. The number of benzene rings is 1. The molecule has 0 aromatic heterocycles. The monoisotopic (exact) mass is 190 g/mol. The zero-order valence-corrected chi connectivity index (χ0v) is 7.73. The Morgan fingerprint density at radius 2 is 2.36 bits per heavy atom. The Kier molecular flexibility index (Phi) is 3.21. The van der Waals surface area contributed by atoms with E-state index in [1.807, 2.05) is 6.07 Å². The van der Waals surface area contributed by atoms with Crippen molar-refractivity contribution in [2.24, 2.45) is 5.73 Å². The van der Waals surface area contributed by atoms with Crippen molar-refractivity contribution in [2.75, 3.05) is 7.11 Å². The third-order valence-electron chi connectivity index (χ3n) is 1.81. The number of ether oxygens (including phenoxy) is 1. The van der Waals surface area contributed by atoms with Crippen molar-refractivity contribution in [3.8, 4) is 6.07 Å². The lowest BCUT2D eigenvalue weighted by Gasteiger charge is -2.04. The maximum atomic E-state index is 11.1. The minimum atomic E-state index is -0.709. The summed E-state index contributed by atoms with van der Waals surface area (Å²) in [6.45, 7) is 0. The predicted octanol–water partition coefficient (Wildman–Crippen LogP) is 0.997. The molecule has 0 saturated heterocycles.